The summed E-state index contributed by atoms with van der Waals surface area (Å²) in [6.45, 7) is 4.55. The number of rotatable bonds is 6. The molecule has 0 amide bonds. The van der Waals surface area contributed by atoms with E-state index >= 15 is 0 Å². The van der Waals surface area contributed by atoms with Crippen molar-refractivity contribution in [3.63, 3.8) is 0 Å². The number of hydrogen-bond donors (Lipinski definition) is 1. The Morgan fingerprint density at radius 1 is 1.10 bits per heavy atom. The predicted octanol–water partition coefficient (Wildman–Crippen LogP) is 4.55. The molecule has 0 radical (unpaired) electrons. The molecule has 2 aliphatic heterocycles. The monoisotopic (exact) mass is 432 g/mol. The number of anilines is 1. The number of piperidine rings is 1. The Labute approximate surface area is 181 Å². The topological polar surface area (TPSA) is 53.0 Å². The highest BCUT2D eigenvalue weighted by atomic mass is 35.5. The summed E-state index contributed by atoms with van der Waals surface area (Å²) in [5.41, 5.74) is 0.648. The van der Waals surface area contributed by atoms with E-state index in [9.17, 15) is 14.3 Å². The normalized spacial score (nSPS) is 20.5. The van der Waals surface area contributed by atoms with Gasteiger partial charge < -0.3 is 14.7 Å². The van der Waals surface area contributed by atoms with Gasteiger partial charge in [-0.3, -0.25) is 4.90 Å². The molecule has 2 heterocycles. The predicted molar refractivity (Wildman–Crippen MR) is 115 cm³/mol. The van der Waals surface area contributed by atoms with Gasteiger partial charge in [0.1, 0.15) is 17.7 Å². The Morgan fingerprint density at radius 2 is 1.83 bits per heavy atom. The maximum absolute atomic E-state index is 13.4. The van der Waals surface area contributed by atoms with Crippen molar-refractivity contribution in [3.8, 4) is 5.75 Å². The van der Waals surface area contributed by atoms with E-state index in [0.717, 1.165) is 63.8 Å². The molecule has 2 aromatic rings. The van der Waals surface area contributed by atoms with Crippen LogP contribution < -0.4 is 9.64 Å². The quantitative estimate of drug-likeness (QED) is 0.725. The van der Waals surface area contributed by atoms with Crippen molar-refractivity contribution in [2.75, 3.05) is 37.6 Å². The largest absolute Gasteiger partial charge is 0.489 e. The van der Waals surface area contributed by atoms with Crippen LogP contribution in [0.3, 0.4) is 0 Å². The van der Waals surface area contributed by atoms with Gasteiger partial charge in [-0.25, -0.2) is 9.18 Å². The molecule has 1 N–H and O–H groups in total. The van der Waals surface area contributed by atoms with Gasteiger partial charge in [0.15, 0.2) is 0 Å². The molecule has 4 rings (SSSR count). The first kappa shape index (κ1) is 20.9. The summed E-state index contributed by atoms with van der Waals surface area (Å²) in [6, 6.07) is 11.5. The van der Waals surface area contributed by atoms with Crippen molar-refractivity contribution in [3.05, 3.63) is 58.9 Å². The molecular formula is C23H26ClFN2O3. The molecule has 7 heteroatoms. The van der Waals surface area contributed by atoms with E-state index in [-0.39, 0.29) is 11.7 Å². The van der Waals surface area contributed by atoms with Gasteiger partial charge in [0.05, 0.1) is 11.3 Å². The van der Waals surface area contributed by atoms with Crippen LogP contribution in [0.5, 0.6) is 5.75 Å². The van der Waals surface area contributed by atoms with Crippen LogP contribution in [0, 0.1) is 11.7 Å². The number of benzene rings is 2. The van der Waals surface area contributed by atoms with Crippen molar-refractivity contribution < 1.29 is 19.0 Å². The summed E-state index contributed by atoms with van der Waals surface area (Å²) in [4.78, 5) is 16.0. The van der Waals surface area contributed by atoms with E-state index in [0.29, 0.717) is 16.6 Å². The Morgan fingerprint density at radius 3 is 2.53 bits per heavy atom. The van der Waals surface area contributed by atoms with Crippen molar-refractivity contribution in [1.82, 2.24) is 4.90 Å². The minimum Gasteiger partial charge on any atom is -0.489 e. The van der Waals surface area contributed by atoms with E-state index in [4.69, 9.17) is 16.3 Å². The smallest absolute Gasteiger partial charge is 0.337 e. The molecular weight excluding hydrogens is 407 g/mol. The molecule has 0 saturated carbocycles. The number of hydrogen-bond acceptors (Lipinski definition) is 4. The molecule has 0 unspecified atom stereocenters. The van der Waals surface area contributed by atoms with Crippen LogP contribution >= 0.6 is 11.6 Å². The second-order valence-corrected chi connectivity index (χ2v) is 8.58. The number of aromatic carboxylic acids is 1. The molecule has 1 atom stereocenters. The van der Waals surface area contributed by atoms with Gasteiger partial charge in [-0.1, -0.05) is 11.6 Å². The first-order chi connectivity index (χ1) is 14.5. The zero-order chi connectivity index (χ0) is 21.1. The summed E-state index contributed by atoms with van der Waals surface area (Å²) in [5.74, 6) is -0.178. The fourth-order valence-corrected chi connectivity index (χ4v) is 4.57. The molecule has 5 nitrogen and oxygen atoms in total. The Hall–Kier alpha value is -2.31. The lowest BCUT2D eigenvalue weighted by Gasteiger charge is -2.35. The lowest BCUT2D eigenvalue weighted by molar-refractivity contribution is 0.0697. The van der Waals surface area contributed by atoms with Crippen LogP contribution in [0.15, 0.2) is 42.5 Å². The van der Waals surface area contributed by atoms with Gasteiger partial charge in [-0.2, -0.15) is 0 Å². The number of likely N-dealkylation sites (tertiary alicyclic amines) is 1. The van der Waals surface area contributed by atoms with Crippen LogP contribution in [-0.4, -0.2) is 54.8 Å². The molecule has 160 valence electrons. The Balaban J connectivity index is 1.26. The average molecular weight is 433 g/mol. The third-order valence-electron chi connectivity index (χ3n) is 6.01. The number of carboxylic acids is 1. The highest BCUT2D eigenvalue weighted by Gasteiger charge is 2.29. The van der Waals surface area contributed by atoms with E-state index in [1.165, 1.54) is 6.07 Å². The number of carbonyl (C=O) groups is 1. The summed E-state index contributed by atoms with van der Waals surface area (Å²) in [7, 11) is 0. The molecule has 2 fully saturated rings. The van der Waals surface area contributed by atoms with Crippen LogP contribution in [0.25, 0.3) is 0 Å². The van der Waals surface area contributed by atoms with Crippen LogP contribution in [0.1, 0.15) is 29.6 Å². The van der Waals surface area contributed by atoms with Crippen molar-refractivity contribution in [1.29, 1.82) is 0 Å². The average Bonchev–Trinajstić information content (AvgIpc) is 3.17. The molecule has 0 bridgehead atoms. The van der Waals surface area contributed by atoms with Crippen molar-refractivity contribution >= 4 is 23.3 Å². The molecule has 0 spiro atoms. The molecule has 0 aliphatic carbocycles. The lowest BCUT2D eigenvalue weighted by atomic mass is 9.95. The summed E-state index contributed by atoms with van der Waals surface area (Å²) >= 11 is 5.93. The zero-order valence-corrected chi connectivity index (χ0v) is 17.5. The van der Waals surface area contributed by atoms with Crippen molar-refractivity contribution in [2.45, 2.75) is 25.4 Å². The number of carboxylic acid groups (broad SMARTS) is 1. The van der Waals surface area contributed by atoms with Crippen LogP contribution in [-0.2, 0) is 0 Å². The fourth-order valence-electron chi connectivity index (χ4n) is 4.44. The van der Waals surface area contributed by atoms with Gasteiger partial charge in [-0.15, -0.1) is 0 Å². The first-order valence-electron chi connectivity index (χ1n) is 10.4. The minimum absolute atomic E-state index is 0.0372. The van der Waals surface area contributed by atoms with Gasteiger partial charge in [0.2, 0.25) is 0 Å². The maximum Gasteiger partial charge on any atom is 0.337 e. The van der Waals surface area contributed by atoms with Crippen molar-refractivity contribution in [2.24, 2.45) is 5.92 Å². The number of nitrogens with zero attached hydrogens (tertiary/aromatic N) is 2. The fraction of sp³-hybridized carbons (Fsp3) is 0.435. The van der Waals surface area contributed by atoms with Crippen LogP contribution in [0.4, 0.5) is 10.1 Å². The van der Waals surface area contributed by atoms with E-state index < -0.39 is 11.8 Å². The Bertz CT molecular complexity index is 885. The van der Waals surface area contributed by atoms with Gasteiger partial charge in [0.25, 0.3) is 0 Å². The first-order valence-corrected chi connectivity index (χ1v) is 10.8. The second-order valence-electron chi connectivity index (χ2n) is 8.14. The summed E-state index contributed by atoms with van der Waals surface area (Å²) in [6.07, 6.45) is 3.20. The highest BCUT2D eigenvalue weighted by molar-refractivity contribution is 6.30. The standard InChI is InChI=1S/C23H26ClFN2O3/c24-17-1-4-19(5-2-17)30-20-9-10-26(15-20)14-16-7-11-27(12-8-16)22-6-3-18(25)13-21(22)23(28)29/h1-6,13,16,20H,7-12,14-15H2,(H,28,29)/t20-/m0/s1. The van der Waals surface area contributed by atoms with Gasteiger partial charge in [-0.05, 0) is 67.6 Å². The third-order valence-corrected chi connectivity index (χ3v) is 6.26. The maximum atomic E-state index is 13.4. The summed E-state index contributed by atoms with van der Waals surface area (Å²) in [5, 5.41) is 10.1. The Kier molecular flexibility index (Phi) is 6.44. The lowest BCUT2D eigenvalue weighted by Crippen LogP contribution is -2.39. The second kappa shape index (κ2) is 9.23. The number of halogens is 2. The molecule has 2 aliphatic rings. The van der Waals surface area contributed by atoms with Crippen LogP contribution in [0.2, 0.25) is 5.02 Å². The molecule has 30 heavy (non-hydrogen) atoms. The summed E-state index contributed by atoms with van der Waals surface area (Å²) < 4.78 is 19.5. The number of ether oxygens (including phenoxy) is 1. The molecule has 0 aromatic heterocycles. The molecule has 2 aromatic carbocycles. The van der Waals surface area contributed by atoms with E-state index in [1.807, 2.05) is 24.3 Å². The highest BCUT2D eigenvalue weighted by Crippen LogP contribution is 2.29. The van der Waals surface area contributed by atoms with Gasteiger partial charge in [0, 0.05) is 37.7 Å². The van der Waals surface area contributed by atoms with Gasteiger partial charge >= 0.3 is 5.97 Å². The molecule has 2 saturated heterocycles. The van der Waals surface area contributed by atoms with E-state index in [1.54, 1.807) is 6.07 Å². The third kappa shape index (κ3) is 5.05. The minimum atomic E-state index is -1.09. The SMILES string of the molecule is O=C(O)c1cc(F)ccc1N1CCC(CN2CC[C@H](Oc3ccc(Cl)cc3)C2)CC1. The van der Waals surface area contributed by atoms with E-state index in [2.05, 4.69) is 9.80 Å². The zero-order valence-electron chi connectivity index (χ0n) is 16.8.